The zero-order valence-corrected chi connectivity index (χ0v) is 18.9. The highest BCUT2D eigenvalue weighted by molar-refractivity contribution is 7.89. The van der Waals surface area contributed by atoms with Crippen LogP contribution in [-0.4, -0.2) is 54.8 Å². The Hall–Kier alpha value is -2.98. The third-order valence-electron chi connectivity index (χ3n) is 5.62. The zero-order chi connectivity index (χ0) is 23.3. The lowest BCUT2D eigenvalue weighted by atomic mass is 9.96. The summed E-state index contributed by atoms with van der Waals surface area (Å²) < 4.78 is 33.6. The molecule has 1 aromatic carbocycles. The lowest BCUT2D eigenvalue weighted by Crippen LogP contribution is -2.38. The zero-order valence-electron chi connectivity index (χ0n) is 18.1. The molecule has 3 rings (SSSR count). The molecule has 172 valence electrons. The van der Waals surface area contributed by atoms with Crippen molar-refractivity contribution in [1.29, 1.82) is 0 Å². The van der Waals surface area contributed by atoms with Gasteiger partial charge in [-0.1, -0.05) is 19.3 Å². The van der Waals surface area contributed by atoms with Crippen molar-refractivity contribution >= 4 is 27.8 Å². The molecule has 0 atom stereocenters. The second-order valence-electron chi connectivity index (χ2n) is 7.80. The highest BCUT2D eigenvalue weighted by Crippen LogP contribution is 2.26. The molecule has 32 heavy (non-hydrogen) atoms. The summed E-state index contributed by atoms with van der Waals surface area (Å²) in [6.45, 7) is -0.639. The van der Waals surface area contributed by atoms with Gasteiger partial charge in [-0.15, -0.1) is 0 Å². The quantitative estimate of drug-likeness (QED) is 0.632. The number of amides is 2. The summed E-state index contributed by atoms with van der Waals surface area (Å²) in [6, 6.07) is 8.59. The molecule has 0 radical (unpaired) electrons. The van der Waals surface area contributed by atoms with Crippen molar-refractivity contribution < 1.29 is 27.5 Å². The fraction of sp³-hybridized carbons (Fsp3) is 0.409. The average Bonchev–Trinajstić information content (AvgIpc) is 3.23. The van der Waals surface area contributed by atoms with Crippen LogP contribution >= 0.6 is 0 Å². The Morgan fingerprint density at radius 2 is 1.75 bits per heavy atom. The number of hydrogen-bond donors (Lipinski definition) is 1. The van der Waals surface area contributed by atoms with Crippen molar-refractivity contribution in [2.75, 3.05) is 13.7 Å². The van der Waals surface area contributed by atoms with E-state index in [0.29, 0.717) is 5.69 Å². The smallest absolute Gasteiger partial charge is 0.338 e. The van der Waals surface area contributed by atoms with Crippen molar-refractivity contribution in [3.05, 3.63) is 53.9 Å². The number of aryl methyl sites for hydroxylation is 1. The summed E-state index contributed by atoms with van der Waals surface area (Å²) in [5.74, 6) is -2.16. The monoisotopic (exact) mass is 461 g/mol. The van der Waals surface area contributed by atoms with Gasteiger partial charge in [-0.2, -0.15) is 4.31 Å². The number of esters is 1. The first-order valence-electron chi connectivity index (χ1n) is 10.4. The van der Waals surface area contributed by atoms with Crippen LogP contribution in [-0.2, 0) is 26.6 Å². The van der Waals surface area contributed by atoms with Gasteiger partial charge in [0, 0.05) is 26.3 Å². The minimum atomic E-state index is -3.67. The molecule has 0 spiro atoms. The standard InChI is InChI=1S/C22H27N3O6S/c1-24-14-6-9-19(24)21(27)23-20(26)15-31-22(28)16-10-12-18(13-11-16)32(29,30)25(2)17-7-4-3-5-8-17/h6,9-14,17H,3-5,7-8,15H2,1-2H3,(H,23,26,27). The number of imide groups is 1. The van der Waals surface area contributed by atoms with Crippen LogP contribution in [0.4, 0.5) is 0 Å². The number of hydrogen-bond acceptors (Lipinski definition) is 6. The fourth-order valence-corrected chi connectivity index (χ4v) is 5.12. The van der Waals surface area contributed by atoms with E-state index >= 15 is 0 Å². The Balaban J connectivity index is 1.56. The van der Waals surface area contributed by atoms with Gasteiger partial charge in [-0.25, -0.2) is 13.2 Å². The second kappa shape index (κ2) is 10.1. The van der Waals surface area contributed by atoms with E-state index in [1.54, 1.807) is 37.0 Å². The van der Waals surface area contributed by atoms with Gasteiger partial charge in [0.05, 0.1) is 10.5 Å². The van der Waals surface area contributed by atoms with Crippen LogP contribution in [0, 0.1) is 0 Å². The molecule has 1 fully saturated rings. The first-order valence-corrected chi connectivity index (χ1v) is 11.8. The topological polar surface area (TPSA) is 115 Å². The number of benzene rings is 1. The normalized spacial score (nSPS) is 14.8. The van der Waals surface area contributed by atoms with E-state index in [2.05, 4.69) is 5.32 Å². The molecular formula is C22H27N3O6S. The molecule has 0 aliphatic heterocycles. The minimum Gasteiger partial charge on any atom is -0.452 e. The van der Waals surface area contributed by atoms with Crippen LogP contribution in [0.2, 0.25) is 0 Å². The summed E-state index contributed by atoms with van der Waals surface area (Å²) in [4.78, 5) is 36.2. The van der Waals surface area contributed by atoms with E-state index in [1.165, 1.54) is 28.6 Å². The largest absolute Gasteiger partial charge is 0.452 e. The van der Waals surface area contributed by atoms with Crippen molar-refractivity contribution in [3.8, 4) is 0 Å². The molecule has 0 bridgehead atoms. The van der Waals surface area contributed by atoms with Crippen LogP contribution in [0.5, 0.6) is 0 Å². The second-order valence-corrected chi connectivity index (χ2v) is 9.79. The molecule has 1 heterocycles. The number of rotatable bonds is 7. The van der Waals surface area contributed by atoms with Gasteiger partial charge in [0.1, 0.15) is 5.69 Å². The average molecular weight is 462 g/mol. The maximum atomic E-state index is 12.9. The van der Waals surface area contributed by atoms with Crippen molar-refractivity contribution in [1.82, 2.24) is 14.2 Å². The van der Waals surface area contributed by atoms with Crippen LogP contribution < -0.4 is 5.32 Å². The Morgan fingerprint density at radius 3 is 2.34 bits per heavy atom. The number of sulfonamides is 1. The molecule has 1 aliphatic carbocycles. The van der Waals surface area contributed by atoms with E-state index in [4.69, 9.17) is 4.74 Å². The number of ether oxygens (including phenoxy) is 1. The molecule has 9 nitrogen and oxygen atoms in total. The Morgan fingerprint density at radius 1 is 1.09 bits per heavy atom. The Labute approximate surface area is 187 Å². The van der Waals surface area contributed by atoms with Crippen LogP contribution in [0.25, 0.3) is 0 Å². The third-order valence-corrected chi connectivity index (χ3v) is 7.54. The summed E-state index contributed by atoms with van der Waals surface area (Å²) >= 11 is 0. The molecule has 0 unspecified atom stereocenters. The highest BCUT2D eigenvalue weighted by atomic mass is 32.2. The number of nitrogens with one attached hydrogen (secondary N) is 1. The van der Waals surface area contributed by atoms with Gasteiger partial charge < -0.3 is 9.30 Å². The summed E-state index contributed by atoms with van der Waals surface area (Å²) in [5.41, 5.74) is 0.394. The Kier molecular flexibility index (Phi) is 7.47. The van der Waals surface area contributed by atoms with E-state index in [-0.39, 0.29) is 16.5 Å². The van der Waals surface area contributed by atoms with Gasteiger partial charge >= 0.3 is 5.97 Å². The van der Waals surface area contributed by atoms with Gasteiger partial charge in [0.15, 0.2) is 6.61 Å². The molecule has 2 aromatic rings. The van der Waals surface area contributed by atoms with Crippen molar-refractivity contribution in [2.45, 2.75) is 43.0 Å². The Bertz CT molecular complexity index is 1090. The fourth-order valence-electron chi connectivity index (χ4n) is 3.71. The first-order chi connectivity index (χ1) is 15.2. The van der Waals surface area contributed by atoms with E-state index in [0.717, 1.165) is 32.1 Å². The molecule has 1 saturated carbocycles. The van der Waals surface area contributed by atoms with Gasteiger partial charge in [-0.05, 0) is 49.2 Å². The van der Waals surface area contributed by atoms with Crippen LogP contribution in [0.1, 0.15) is 53.0 Å². The SMILES string of the molecule is CN(C1CCCCC1)S(=O)(=O)c1ccc(C(=O)OCC(=O)NC(=O)c2cccn2C)cc1. The highest BCUT2D eigenvalue weighted by Gasteiger charge is 2.29. The lowest BCUT2D eigenvalue weighted by Gasteiger charge is -2.30. The van der Waals surface area contributed by atoms with Crippen LogP contribution in [0.3, 0.4) is 0 Å². The van der Waals surface area contributed by atoms with Crippen molar-refractivity contribution in [2.24, 2.45) is 7.05 Å². The van der Waals surface area contributed by atoms with Gasteiger partial charge in [0.2, 0.25) is 10.0 Å². The molecule has 0 saturated heterocycles. The lowest BCUT2D eigenvalue weighted by molar-refractivity contribution is -0.123. The molecule has 10 heteroatoms. The molecule has 1 aromatic heterocycles. The maximum Gasteiger partial charge on any atom is 0.338 e. The third kappa shape index (κ3) is 5.43. The molecule has 1 N–H and O–H groups in total. The number of nitrogens with zero attached hydrogens (tertiary/aromatic N) is 2. The van der Waals surface area contributed by atoms with Gasteiger partial charge in [-0.3, -0.25) is 14.9 Å². The predicted octanol–water partition coefficient (Wildman–Crippen LogP) is 2.09. The summed E-state index contributed by atoms with van der Waals surface area (Å²) in [6.07, 6.45) is 6.50. The van der Waals surface area contributed by atoms with E-state index in [1.807, 2.05) is 0 Å². The van der Waals surface area contributed by atoms with E-state index in [9.17, 15) is 22.8 Å². The maximum absolute atomic E-state index is 12.9. The van der Waals surface area contributed by atoms with Gasteiger partial charge in [0.25, 0.3) is 11.8 Å². The van der Waals surface area contributed by atoms with Crippen LogP contribution in [0.15, 0.2) is 47.5 Å². The predicted molar refractivity (Wildman–Crippen MR) is 116 cm³/mol. The van der Waals surface area contributed by atoms with E-state index < -0.39 is 34.4 Å². The first kappa shape index (κ1) is 23.7. The minimum absolute atomic E-state index is 0.0184. The number of carbonyl (C=O) groups excluding carboxylic acids is 3. The number of aromatic nitrogens is 1. The summed E-state index contributed by atoms with van der Waals surface area (Å²) in [5, 5.41) is 2.14. The molecule has 2 amide bonds. The summed E-state index contributed by atoms with van der Waals surface area (Å²) in [7, 11) is -0.419. The molecule has 1 aliphatic rings. The molecular weight excluding hydrogens is 434 g/mol. The number of carbonyl (C=O) groups is 3. The van der Waals surface area contributed by atoms with Crippen molar-refractivity contribution in [3.63, 3.8) is 0 Å².